The number of benzene rings is 2. The number of ether oxygens (including phenoxy) is 6. The zero-order valence-corrected chi connectivity index (χ0v) is 31.7. The average Bonchev–Trinajstić information content (AvgIpc) is 3.31. The monoisotopic (exact) mass is 829 g/mol. The Bertz CT molecular complexity index is 2820. The smallest absolute Gasteiger partial charge is 0.345 e. The van der Waals surface area contributed by atoms with E-state index in [1.807, 2.05) is 0 Å². The van der Waals surface area contributed by atoms with Crippen molar-refractivity contribution < 1.29 is 57.2 Å². The van der Waals surface area contributed by atoms with Gasteiger partial charge in [0.2, 0.25) is 11.9 Å². The number of rotatable bonds is 11. The maximum atomic E-state index is 14.8. The Balaban J connectivity index is 1.23. The van der Waals surface area contributed by atoms with Crippen molar-refractivity contribution in [3.63, 3.8) is 0 Å². The van der Waals surface area contributed by atoms with E-state index < -0.39 is 53.6 Å². The van der Waals surface area contributed by atoms with E-state index in [0.29, 0.717) is 0 Å². The Morgan fingerprint density at radius 1 is 0.468 bits per heavy atom. The lowest BCUT2D eigenvalue weighted by Gasteiger charge is -2.33. The molecule has 304 valence electrons. The van der Waals surface area contributed by atoms with Crippen LogP contribution in [-0.4, -0.2) is 66.7 Å². The van der Waals surface area contributed by atoms with Crippen LogP contribution in [0.15, 0.2) is 153 Å². The standard InChI is InChI=1S/C45H27N5O12/c51-38-37-35(19-32(57-41(52)27-6-1-13-46-21-27)20-36(37)61-44(55)30-9-4-16-49-24-30)58-39(40(38)62-45(56)31-10-5-17-50-25-31)26-11-12-33(59-42(53)28-7-2-14-47-22-28)34(18-26)60-43(54)29-8-3-15-48-23-29/h1-25,39-40H. The van der Waals surface area contributed by atoms with Crippen LogP contribution in [0.2, 0.25) is 0 Å². The molecule has 0 saturated heterocycles. The average molecular weight is 830 g/mol. The fourth-order valence-electron chi connectivity index (χ4n) is 5.99. The quantitative estimate of drug-likeness (QED) is 0.106. The van der Waals surface area contributed by atoms with E-state index in [1.54, 1.807) is 0 Å². The fourth-order valence-corrected chi connectivity index (χ4v) is 5.99. The summed E-state index contributed by atoms with van der Waals surface area (Å²) in [5.74, 6) is -6.82. The van der Waals surface area contributed by atoms with Gasteiger partial charge in [-0.3, -0.25) is 29.7 Å². The molecule has 0 bridgehead atoms. The van der Waals surface area contributed by atoms with Crippen LogP contribution in [0.25, 0.3) is 0 Å². The van der Waals surface area contributed by atoms with Gasteiger partial charge in [-0.05, 0) is 72.8 Å². The molecule has 0 fully saturated rings. The Morgan fingerprint density at radius 2 is 0.903 bits per heavy atom. The second-order valence-corrected chi connectivity index (χ2v) is 13.0. The van der Waals surface area contributed by atoms with Crippen molar-refractivity contribution in [3.8, 4) is 28.7 Å². The topological polar surface area (TPSA) is 222 Å². The summed E-state index contributed by atoms with van der Waals surface area (Å²) in [6.07, 6.45) is 10.2. The van der Waals surface area contributed by atoms with Crippen molar-refractivity contribution in [2.75, 3.05) is 0 Å². The summed E-state index contributed by atoms with van der Waals surface area (Å²) in [4.78, 5) is 101. The van der Waals surface area contributed by atoms with E-state index >= 15 is 0 Å². The molecule has 0 saturated carbocycles. The number of ketones is 1. The third kappa shape index (κ3) is 8.86. The molecule has 0 radical (unpaired) electrons. The van der Waals surface area contributed by atoms with Crippen molar-refractivity contribution in [2.45, 2.75) is 12.2 Å². The van der Waals surface area contributed by atoms with Gasteiger partial charge in [0, 0.05) is 79.7 Å². The first-order valence-corrected chi connectivity index (χ1v) is 18.3. The number of carbonyl (C=O) groups is 6. The molecule has 62 heavy (non-hydrogen) atoms. The number of nitrogens with zero attached hydrogens (tertiary/aromatic N) is 5. The zero-order chi connectivity index (χ0) is 43.0. The van der Waals surface area contributed by atoms with E-state index in [4.69, 9.17) is 28.4 Å². The molecule has 5 aromatic heterocycles. The van der Waals surface area contributed by atoms with Gasteiger partial charge in [0.1, 0.15) is 22.8 Å². The molecule has 8 rings (SSSR count). The van der Waals surface area contributed by atoms with Gasteiger partial charge in [-0.15, -0.1) is 0 Å². The molecule has 2 unspecified atom stereocenters. The lowest BCUT2D eigenvalue weighted by Crippen LogP contribution is -2.40. The highest BCUT2D eigenvalue weighted by Gasteiger charge is 2.44. The summed E-state index contributed by atoms with van der Waals surface area (Å²) >= 11 is 0. The zero-order valence-electron chi connectivity index (χ0n) is 31.7. The molecule has 17 heteroatoms. The SMILES string of the molecule is O=C(Oc1cc(OC(=O)c2cccnc2)c2c(c1)OC(c1ccc(OC(=O)c3cccnc3)c(OC(=O)c3cccnc3)c1)C(OC(=O)c1cccnc1)C2=O)c1cccnc1. The second-order valence-electron chi connectivity index (χ2n) is 13.0. The Morgan fingerprint density at radius 3 is 1.37 bits per heavy atom. The number of pyridine rings is 5. The summed E-state index contributed by atoms with van der Waals surface area (Å²) in [7, 11) is 0. The van der Waals surface area contributed by atoms with Gasteiger partial charge in [-0.1, -0.05) is 6.07 Å². The molecule has 1 aliphatic heterocycles. The first-order chi connectivity index (χ1) is 30.2. The molecule has 0 amide bonds. The van der Waals surface area contributed by atoms with E-state index in [-0.39, 0.29) is 61.9 Å². The molecule has 2 atom stereocenters. The molecule has 7 aromatic rings. The summed E-state index contributed by atoms with van der Waals surface area (Å²) in [5.41, 5.74) is -0.0858. The molecule has 2 aromatic carbocycles. The molecule has 0 aliphatic carbocycles. The fraction of sp³-hybridized carbons (Fsp3) is 0.0444. The molecule has 0 spiro atoms. The highest BCUT2D eigenvalue weighted by Crippen LogP contribution is 2.45. The van der Waals surface area contributed by atoms with Crippen molar-refractivity contribution in [1.29, 1.82) is 0 Å². The maximum Gasteiger partial charge on any atom is 0.345 e. The number of fused-ring (bicyclic) bond motifs is 1. The van der Waals surface area contributed by atoms with Crippen LogP contribution in [0.4, 0.5) is 0 Å². The minimum atomic E-state index is -1.82. The van der Waals surface area contributed by atoms with Crippen LogP contribution < -0.4 is 23.7 Å². The lowest BCUT2D eigenvalue weighted by atomic mass is 9.92. The van der Waals surface area contributed by atoms with Gasteiger partial charge >= 0.3 is 29.8 Å². The Kier molecular flexibility index (Phi) is 11.5. The van der Waals surface area contributed by atoms with Crippen LogP contribution in [0.3, 0.4) is 0 Å². The number of carbonyl (C=O) groups excluding carboxylic acids is 6. The highest BCUT2D eigenvalue weighted by molar-refractivity contribution is 6.08. The number of esters is 5. The van der Waals surface area contributed by atoms with Crippen molar-refractivity contribution >= 4 is 35.6 Å². The van der Waals surface area contributed by atoms with E-state index in [1.165, 1.54) is 147 Å². The van der Waals surface area contributed by atoms with Crippen LogP contribution in [-0.2, 0) is 4.74 Å². The van der Waals surface area contributed by atoms with Crippen molar-refractivity contribution in [1.82, 2.24) is 24.9 Å². The van der Waals surface area contributed by atoms with Gasteiger partial charge in [0.15, 0.2) is 17.6 Å². The first-order valence-electron chi connectivity index (χ1n) is 18.3. The van der Waals surface area contributed by atoms with Gasteiger partial charge < -0.3 is 28.4 Å². The minimum Gasteiger partial charge on any atom is -0.480 e. The van der Waals surface area contributed by atoms with Gasteiger partial charge in [-0.2, -0.15) is 0 Å². The lowest BCUT2D eigenvalue weighted by molar-refractivity contribution is -0.0102. The van der Waals surface area contributed by atoms with Crippen LogP contribution in [0, 0.1) is 0 Å². The minimum absolute atomic E-state index is 0.0123. The second kappa shape index (κ2) is 17.9. The predicted molar refractivity (Wildman–Crippen MR) is 211 cm³/mol. The number of hydrogen-bond acceptors (Lipinski definition) is 17. The van der Waals surface area contributed by atoms with Gasteiger partial charge in [0.25, 0.3) is 0 Å². The summed E-state index contributed by atoms with van der Waals surface area (Å²) in [6.45, 7) is 0. The van der Waals surface area contributed by atoms with Crippen molar-refractivity contribution in [3.05, 3.63) is 192 Å². The Hall–Kier alpha value is -8.99. The molecular formula is C45H27N5O12. The van der Waals surface area contributed by atoms with E-state index in [9.17, 15) is 28.8 Å². The molecule has 0 N–H and O–H groups in total. The summed E-state index contributed by atoms with van der Waals surface area (Å²) in [6, 6.07) is 21.0. The largest absolute Gasteiger partial charge is 0.480 e. The Labute approximate surface area is 349 Å². The van der Waals surface area contributed by atoms with Gasteiger partial charge in [0.05, 0.1) is 27.8 Å². The van der Waals surface area contributed by atoms with Crippen molar-refractivity contribution in [2.24, 2.45) is 0 Å². The predicted octanol–water partition coefficient (Wildman–Crippen LogP) is 6.08. The first kappa shape index (κ1) is 39.8. The van der Waals surface area contributed by atoms with Crippen LogP contribution in [0.5, 0.6) is 28.7 Å². The number of Topliss-reactive ketones (excluding diaryl/α,β-unsaturated/α-hetero) is 1. The normalized spacial score (nSPS) is 14.0. The van der Waals surface area contributed by atoms with Crippen LogP contribution >= 0.6 is 0 Å². The highest BCUT2D eigenvalue weighted by atomic mass is 16.6. The number of hydrogen-bond donors (Lipinski definition) is 0. The van der Waals surface area contributed by atoms with E-state index in [2.05, 4.69) is 24.9 Å². The van der Waals surface area contributed by atoms with Gasteiger partial charge in [-0.25, -0.2) is 24.0 Å². The van der Waals surface area contributed by atoms with Crippen LogP contribution in [0.1, 0.15) is 73.8 Å². The van der Waals surface area contributed by atoms with E-state index in [0.717, 1.165) is 6.07 Å². The third-order valence-corrected chi connectivity index (χ3v) is 8.91. The summed E-state index contributed by atoms with van der Waals surface area (Å²) in [5, 5.41) is 0. The maximum absolute atomic E-state index is 14.8. The molecule has 17 nitrogen and oxygen atoms in total. The molecular weight excluding hydrogens is 803 g/mol. The third-order valence-electron chi connectivity index (χ3n) is 8.91. The summed E-state index contributed by atoms with van der Waals surface area (Å²) < 4.78 is 35.0. The molecule has 1 aliphatic rings. The molecule has 6 heterocycles. The number of aromatic nitrogens is 5.